The maximum atomic E-state index is 3.83. The van der Waals surface area contributed by atoms with E-state index in [0.29, 0.717) is 0 Å². The number of thiophene rings is 1. The molecule has 31 heavy (non-hydrogen) atoms. The Kier molecular flexibility index (Phi) is 2.96. The number of halogens is 1. The minimum Gasteiger partial charge on any atom is -0.308 e. The summed E-state index contributed by atoms with van der Waals surface area (Å²) in [6.07, 6.45) is 0. The largest absolute Gasteiger partial charge is 0.308 e. The second-order valence-electron chi connectivity index (χ2n) is 8.27. The van der Waals surface area contributed by atoms with Crippen LogP contribution in [0.1, 0.15) is 0 Å². The van der Waals surface area contributed by atoms with Gasteiger partial charge in [-0.3, -0.25) is 0 Å². The second-order valence-corrected chi connectivity index (χ2v) is 10.2. The fourth-order valence-electron chi connectivity index (χ4n) is 5.62. The van der Waals surface area contributed by atoms with Crippen molar-refractivity contribution in [3.63, 3.8) is 0 Å². The van der Waals surface area contributed by atoms with Crippen molar-refractivity contribution < 1.29 is 0 Å². The van der Waals surface area contributed by atoms with Crippen LogP contribution in [0.2, 0.25) is 0 Å². The van der Waals surface area contributed by atoms with E-state index in [9.17, 15) is 0 Å². The van der Waals surface area contributed by atoms with E-state index in [2.05, 4.69) is 105 Å². The molecule has 3 heteroatoms. The fourth-order valence-corrected chi connectivity index (χ4v) is 7.35. The average molecular weight is 476 g/mol. The van der Waals surface area contributed by atoms with E-state index in [-0.39, 0.29) is 0 Å². The Labute approximate surface area is 189 Å². The zero-order valence-electron chi connectivity index (χ0n) is 16.3. The highest BCUT2D eigenvalue weighted by atomic mass is 79.9. The highest BCUT2D eigenvalue weighted by Crippen LogP contribution is 2.47. The number of fused-ring (bicyclic) bond motifs is 9. The highest BCUT2D eigenvalue weighted by Gasteiger charge is 2.21. The van der Waals surface area contributed by atoms with Crippen LogP contribution < -0.4 is 0 Å². The lowest BCUT2D eigenvalue weighted by atomic mass is 9.95. The van der Waals surface area contributed by atoms with E-state index >= 15 is 0 Å². The van der Waals surface area contributed by atoms with Crippen LogP contribution in [0.3, 0.4) is 0 Å². The van der Waals surface area contributed by atoms with Crippen LogP contribution in [-0.4, -0.2) is 4.40 Å². The third kappa shape index (κ3) is 1.88. The van der Waals surface area contributed by atoms with Crippen molar-refractivity contribution in [3.8, 4) is 0 Å². The van der Waals surface area contributed by atoms with Crippen molar-refractivity contribution in [1.82, 2.24) is 4.40 Å². The number of rotatable bonds is 0. The van der Waals surface area contributed by atoms with E-state index in [1.165, 1.54) is 69.0 Å². The summed E-state index contributed by atoms with van der Waals surface area (Å²) in [6.45, 7) is 0. The lowest BCUT2D eigenvalue weighted by Gasteiger charge is -2.14. The second kappa shape index (κ2) is 5.56. The molecule has 0 bridgehead atoms. The number of para-hydroxylation sites is 1. The number of benzene rings is 5. The molecule has 1 nitrogen and oxygen atoms in total. The van der Waals surface area contributed by atoms with Gasteiger partial charge in [0.1, 0.15) is 0 Å². The van der Waals surface area contributed by atoms with Crippen molar-refractivity contribution in [1.29, 1.82) is 0 Å². The van der Waals surface area contributed by atoms with E-state index in [0.717, 1.165) is 4.47 Å². The summed E-state index contributed by atoms with van der Waals surface area (Å²) in [5, 5.41) is 10.7. The van der Waals surface area contributed by atoms with E-state index in [4.69, 9.17) is 0 Å². The maximum absolute atomic E-state index is 3.83. The van der Waals surface area contributed by atoms with Crippen LogP contribution in [0.15, 0.2) is 89.4 Å². The van der Waals surface area contributed by atoms with Gasteiger partial charge in [0.15, 0.2) is 0 Å². The first kappa shape index (κ1) is 16.5. The summed E-state index contributed by atoms with van der Waals surface area (Å²) >= 11 is 5.73. The molecule has 0 fully saturated rings. The molecule has 3 aromatic heterocycles. The first-order valence-corrected chi connectivity index (χ1v) is 12.0. The van der Waals surface area contributed by atoms with Crippen LogP contribution in [0.25, 0.3) is 69.0 Å². The van der Waals surface area contributed by atoms with Crippen LogP contribution in [-0.2, 0) is 0 Å². The lowest BCUT2D eigenvalue weighted by molar-refractivity contribution is 1.35. The molecular formula is C28H14BrNS. The Morgan fingerprint density at radius 1 is 0.581 bits per heavy atom. The van der Waals surface area contributed by atoms with Gasteiger partial charge in [-0.05, 0) is 35.7 Å². The standard InChI is InChI=1S/C28H14BrNS/c29-19-10-5-12-21-25(19)17-8-4-9-18-27-24-15(6-3-11-20(24)30(21)28(17)18)14-23-26(27)16-7-1-2-13-22(16)31-23/h1-14H. The van der Waals surface area contributed by atoms with Crippen LogP contribution in [0.5, 0.6) is 0 Å². The fraction of sp³-hybridized carbons (Fsp3) is 0. The molecule has 0 unspecified atom stereocenters. The van der Waals surface area contributed by atoms with Crippen molar-refractivity contribution >= 4 is 96.3 Å². The molecule has 0 N–H and O–H groups in total. The van der Waals surface area contributed by atoms with E-state index < -0.39 is 0 Å². The van der Waals surface area contributed by atoms with Crippen LogP contribution >= 0.6 is 27.3 Å². The minimum atomic E-state index is 1.15. The maximum Gasteiger partial charge on any atom is 0.0620 e. The van der Waals surface area contributed by atoms with Gasteiger partial charge in [-0.25, -0.2) is 0 Å². The Hall–Kier alpha value is -3.14. The minimum absolute atomic E-state index is 1.15. The van der Waals surface area contributed by atoms with Crippen molar-refractivity contribution in [2.75, 3.05) is 0 Å². The van der Waals surface area contributed by atoms with E-state index in [1.54, 1.807) is 0 Å². The molecule has 0 aliphatic carbocycles. The summed E-state index contributed by atoms with van der Waals surface area (Å²) in [7, 11) is 0. The molecule has 8 aromatic rings. The molecule has 0 atom stereocenters. The molecule has 5 aromatic carbocycles. The molecule has 0 aliphatic heterocycles. The number of hydrogen-bond donors (Lipinski definition) is 0. The van der Waals surface area contributed by atoms with Crippen molar-refractivity contribution in [3.05, 3.63) is 89.4 Å². The normalized spacial score (nSPS) is 12.7. The Morgan fingerprint density at radius 3 is 2.19 bits per heavy atom. The predicted octanol–water partition coefficient (Wildman–Crippen LogP) is 9.12. The van der Waals surface area contributed by atoms with Gasteiger partial charge in [0, 0.05) is 51.6 Å². The molecular weight excluding hydrogens is 462 g/mol. The SMILES string of the molecule is Brc1cccc2c1c1cccc3c4c5c(cc6cccc(c64)n2c13)sc1ccccc15. The molecule has 0 radical (unpaired) electrons. The van der Waals surface area contributed by atoms with Gasteiger partial charge in [0.2, 0.25) is 0 Å². The molecule has 8 rings (SSSR count). The molecule has 3 heterocycles. The summed E-state index contributed by atoms with van der Waals surface area (Å²) in [5.41, 5.74) is 3.85. The summed E-state index contributed by atoms with van der Waals surface area (Å²) in [5.74, 6) is 0. The zero-order chi connectivity index (χ0) is 20.3. The number of pyridine rings is 1. The first-order chi connectivity index (χ1) is 15.3. The third-order valence-electron chi connectivity index (χ3n) is 6.76. The van der Waals surface area contributed by atoms with Gasteiger partial charge in [0.05, 0.1) is 16.6 Å². The monoisotopic (exact) mass is 475 g/mol. The predicted molar refractivity (Wildman–Crippen MR) is 139 cm³/mol. The average Bonchev–Trinajstić information content (AvgIpc) is 3.33. The summed E-state index contributed by atoms with van der Waals surface area (Å²) in [4.78, 5) is 0. The van der Waals surface area contributed by atoms with Gasteiger partial charge < -0.3 is 4.40 Å². The van der Waals surface area contributed by atoms with Gasteiger partial charge in [0.25, 0.3) is 0 Å². The zero-order valence-corrected chi connectivity index (χ0v) is 18.7. The molecule has 0 amide bonds. The topological polar surface area (TPSA) is 4.41 Å². The summed E-state index contributed by atoms with van der Waals surface area (Å²) in [6, 6.07) is 31.3. The van der Waals surface area contributed by atoms with Crippen LogP contribution in [0.4, 0.5) is 0 Å². The van der Waals surface area contributed by atoms with Crippen molar-refractivity contribution in [2.24, 2.45) is 0 Å². The smallest absolute Gasteiger partial charge is 0.0620 e. The number of nitrogens with zero attached hydrogens (tertiary/aromatic N) is 1. The van der Waals surface area contributed by atoms with E-state index in [1.807, 2.05) is 11.3 Å². The van der Waals surface area contributed by atoms with Gasteiger partial charge in [-0.1, -0.05) is 70.5 Å². The lowest BCUT2D eigenvalue weighted by Crippen LogP contribution is -1.92. The molecule has 0 saturated heterocycles. The Bertz CT molecular complexity index is 2010. The molecule has 0 saturated carbocycles. The summed E-state index contributed by atoms with van der Waals surface area (Å²) < 4.78 is 6.34. The quantitative estimate of drug-likeness (QED) is 0.152. The van der Waals surface area contributed by atoms with Gasteiger partial charge in [-0.2, -0.15) is 0 Å². The molecule has 0 aliphatic rings. The Balaban J connectivity index is 1.85. The first-order valence-electron chi connectivity index (χ1n) is 10.4. The number of hydrogen-bond acceptors (Lipinski definition) is 1. The molecule has 0 spiro atoms. The third-order valence-corrected chi connectivity index (χ3v) is 8.53. The highest BCUT2D eigenvalue weighted by molar-refractivity contribution is 9.10. The van der Waals surface area contributed by atoms with Crippen molar-refractivity contribution in [2.45, 2.75) is 0 Å². The van der Waals surface area contributed by atoms with Gasteiger partial charge in [-0.15, -0.1) is 11.3 Å². The van der Waals surface area contributed by atoms with Crippen LogP contribution in [0, 0.1) is 0 Å². The Morgan fingerprint density at radius 2 is 1.29 bits per heavy atom. The number of aromatic nitrogens is 1. The van der Waals surface area contributed by atoms with Gasteiger partial charge >= 0.3 is 0 Å². The molecule has 144 valence electrons.